The fraction of sp³-hybridized carbons (Fsp3) is 0.500. The van der Waals surface area contributed by atoms with Crippen LogP contribution < -0.4 is 0 Å². The van der Waals surface area contributed by atoms with Crippen molar-refractivity contribution >= 4 is 11.6 Å². The van der Waals surface area contributed by atoms with Gasteiger partial charge in [0.2, 0.25) is 0 Å². The number of aliphatic hydroxyl groups is 1. The summed E-state index contributed by atoms with van der Waals surface area (Å²) in [5.74, 6) is 0.235. The first-order valence-corrected chi connectivity index (χ1v) is 5.72. The SMILES string of the molecule is OC(CCl)COCCCc1ccccc1. The van der Waals surface area contributed by atoms with Crippen LogP contribution in [0.15, 0.2) is 30.3 Å². The molecule has 1 aromatic carbocycles. The Hall–Kier alpha value is -0.570. The van der Waals surface area contributed by atoms with E-state index in [4.69, 9.17) is 21.4 Å². The Bertz CT molecular complexity index is 251. The average Bonchev–Trinajstić information content (AvgIpc) is 2.29. The molecule has 0 aromatic heterocycles. The van der Waals surface area contributed by atoms with Crippen LogP contribution in [0.1, 0.15) is 12.0 Å². The van der Waals surface area contributed by atoms with Crippen LogP contribution in [0.5, 0.6) is 0 Å². The molecule has 0 radical (unpaired) electrons. The van der Waals surface area contributed by atoms with E-state index in [1.54, 1.807) is 0 Å². The number of rotatable bonds is 7. The molecule has 0 heterocycles. The van der Waals surface area contributed by atoms with Gasteiger partial charge in [0.1, 0.15) is 0 Å². The molecule has 1 N–H and O–H groups in total. The van der Waals surface area contributed by atoms with Crippen molar-refractivity contribution in [2.24, 2.45) is 0 Å². The van der Waals surface area contributed by atoms with E-state index >= 15 is 0 Å². The van der Waals surface area contributed by atoms with E-state index in [2.05, 4.69) is 12.1 Å². The molecule has 15 heavy (non-hydrogen) atoms. The molecule has 3 heteroatoms. The topological polar surface area (TPSA) is 29.5 Å². The first kappa shape index (κ1) is 12.5. The zero-order valence-electron chi connectivity index (χ0n) is 8.73. The number of alkyl halides is 1. The third-order valence-corrected chi connectivity index (χ3v) is 2.44. The molecule has 0 fully saturated rings. The molecule has 0 saturated heterocycles. The average molecular weight is 229 g/mol. The lowest BCUT2D eigenvalue weighted by Crippen LogP contribution is -2.17. The molecule has 0 aliphatic rings. The van der Waals surface area contributed by atoms with Crippen LogP contribution in [-0.4, -0.2) is 30.3 Å². The highest BCUT2D eigenvalue weighted by atomic mass is 35.5. The minimum absolute atomic E-state index is 0.235. The summed E-state index contributed by atoms with van der Waals surface area (Å²) in [5, 5.41) is 9.12. The molecular weight excluding hydrogens is 212 g/mol. The van der Waals surface area contributed by atoms with Gasteiger partial charge in [0.25, 0.3) is 0 Å². The lowest BCUT2D eigenvalue weighted by atomic mass is 10.1. The molecule has 84 valence electrons. The summed E-state index contributed by atoms with van der Waals surface area (Å²) < 4.78 is 5.27. The lowest BCUT2D eigenvalue weighted by Gasteiger charge is -2.07. The van der Waals surface area contributed by atoms with Gasteiger partial charge in [-0.25, -0.2) is 0 Å². The maximum atomic E-state index is 9.12. The summed E-state index contributed by atoms with van der Waals surface area (Å²) in [4.78, 5) is 0. The van der Waals surface area contributed by atoms with E-state index in [0.717, 1.165) is 12.8 Å². The van der Waals surface area contributed by atoms with Crippen LogP contribution in [0, 0.1) is 0 Å². The molecule has 1 atom stereocenters. The highest BCUT2D eigenvalue weighted by molar-refractivity contribution is 6.18. The smallest absolute Gasteiger partial charge is 0.0908 e. The molecule has 2 nitrogen and oxygen atoms in total. The predicted molar refractivity (Wildman–Crippen MR) is 62.3 cm³/mol. The molecule has 0 saturated carbocycles. The van der Waals surface area contributed by atoms with Crippen molar-refractivity contribution in [2.45, 2.75) is 18.9 Å². The number of ether oxygens (including phenoxy) is 1. The van der Waals surface area contributed by atoms with Crippen molar-refractivity contribution in [3.63, 3.8) is 0 Å². The quantitative estimate of drug-likeness (QED) is 0.573. The first-order chi connectivity index (χ1) is 7.33. The molecule has 1 unspecified atom stereocenters. The molecule has 0 amide bonds. The number of hydrogen-bond acceptors (Lipinski definition) is 2. The highest BCUT2D eigenvalue weighted by Gasteiger charge is 2.00. The second-order valence-electron chi connectivity index (χ2n) is 3.47. The predicted octanol–water partition coefficient (Wildman–Crippen LogP) is 2.24. The zero-order valence-corrected chi connectivity index (χ0v) is 9.49. The molecule has 0 aliphatic carbocycles. The molecular formula is C12H17ClO2. The lowest BCUT2D eigenvalue weighted by molar-refractivity contribution is 0.0470. The van der Waals surface area contributed by atoms with E-state index in [0.29, 0.717) is 13.2 Å². The van der Waals surface area contributed by atoms with Gasteiger partial charge in [-0.3, -0.25) is 0 Å². The van der Waals surface area contributed by atoms with Crippen molar-refractivity contribution < 1.29 is 9.84 Å². The second kappa shape index (κ2) is 7.69. The van der Waals surface area contributed by atoms with E-state index < -0.39 is 6.10 Å². The van der Waals surface area contributed by atoms with Gasteiger partial charge in [-0.2, -0.15) is 0 Å². The van der Waals surface area contributed by atoms with Crippen molar-refractivity contribution in [1.29, 1.82) is 0 Å². The van der Waals surface area contributed by atoms with Crippen LogP contribution in [0.2, 0.25) is 0 Å². The molecule has 0 bridgehead atoms. The number of aliphatic hydroxyl groups excluding tert-OH is 1. The highest BCUT2D eigenvalue weighted by Crippen LogP contribution is 2.02. The summed E-state index contributed by atoms with van der Waals surface area (Å²) in [7, 11) is 0. The molecule has 0 aliphatic heterocycles. The van der Waals surface area contributed by atoms with Gasteiger partial charge in [0.05, 0.1) is 18.6 Å². The zero-order chi connectivity index (χ0) is 10.9. The van der Waals surface area contributed by atoms with Crippen molar-refractivity contribution in [3.05, 3.63) is 35.9 Å². The summed E-state index contributed by atoms with van der Waals surface area (Å²) >= 11 is 5.43. The fourth-order valence-electron chi connectivity index (χ4n) is 1.29. The van der Waals surface area contributed by atoms with Crippen LogP contribution in [-0.2, 0) is 11.2 Å². The van der Waals surface area contributed by atoms with Gasteiger partial charge in [0.15, 0.2) is 0 Å². The molecule has 0 spiro atoms. The van der Waals surface area contributed by atoms with Gasteiger partial charge in [0, 0.05) is 6.61 Å². The van der Waals surface area contributed by atoms with Gasteiger partial charge in [-0.1, -0.05) is 30.3 Å². The van der Waals surface area contributed by atoms with Gasteiger partial charge < -0.3 is 9.84 Å². The Morgan fingerprint density at radius 3 is 2.67 bits per heavy atom. The molecule has 1 rings (SSSR count). The Labute approximate surface area is 95.8 Å². The van der Waals surface area contributed by atoms with E-state index in [1.807, 2.05) is 18.2 Å². The fourth-order valence-corrected chi connectivity index (χ4v) is 1.38. The Morgan fingerprint density at radius 2 is 2.00 bits per heavy atom. The Morgan fingerprint density at radius 1 is 1.27 bits per heavy atom. The van der Waals surface area contributed by atoms with Crippen molar-refractivity contribution in [1.82, 2.24) is 0 Å². The maximum absolute atomic E-state index is 9.12. The Kier molecular flexibility index (Phi) is 6.41. The normalized spacial score (nSPS) is 12.7. The van der Waals surface area contributed by atoms with Crippen LogP contribution in [0.3, 0.4) is 0 Å². The third kappa shape index (κ3) is 5.78. The van der Waals surface area contributed by atoms with Gasteiger partial charge in [-0.15, -0.1) is 11.6 Å². The van der Waals surface area contributed by atoms with Crippen LogP contribution in [0.25, 0.3) is 0 Å². The second-order valence-corrected chi connectivity index (χ2v) is 3.78. The van der Waals surface area contributed by atoms with E-state index in [1.165, 1.54) is 5.56 Å². The number of halogens is 1. The van der Waals surface area contributed by atoms with Crippen LogP contribution in [0.4, 0.5) is 0 Å². The van der Waals surface area contributed by atoms with E-state index in [9.17, 15) is 0 Å². The van der Waals surface area contributed by atoms with Crippen LogP contribution >= 0.6 is 11.6 Å². The van der Waals surface area contributed by atoms with Crippen molar-refractivity contribution in [2.75, 3.05) is 19.1 Å². The minimum Gasteiger partial charge on any atom is -0.389 e. The monoisotopic (exact) mass is 228 g/mol. The summed E-state index contributed by atoms with van der Waals surface area (Å²) in [6.45, 7) is 1.00. The minimum atomic E-state index is -0.539. The van der Waals surface area contributed by atoms with Crippen molar-refractivity contribution in [3.8, 4) is 0 Å². The van der Waals surface area contributed by atoms with E-state index in [-0.39, 0.29) is 5.88 Å². The van der Waals surface area contributed by atoms with Gasteiger partial charge in [-0.05, 0) is 18.4 Å². The number of aryl methyl sites for hydroxylation is 1. The number of hydrogen-bond donors (Lipinski definition) is 1. The standard InChI is InChI=1S/C12H17ClO2/c13-9-12(14)10-15-8-4-7-11-5-2-1-3-6-11/h1-3,5-6,12,14H,4,7-10H2. The summed E-state index contributed by atoms with van der Waals surface area (Å²) in [6.07, 6.45) is 1.44. The largest absolute Gasteiger partial charge is 0.389 e. The summed E-state index contributed by atoms with van der Waals surface area (Å²) in [5.41, 5.74) is 1.32. The number of benzene rings is 1. The molecule has 1 aromatic rings. The summed E-state index contributed by atoms with van der Waals surface area (Å²) in [6, 6.07) is 10.3. The third-order valence-electron chi connectivity index (χ3n) is 2.09. The maximum Gasteiger partial charge on any atom is 0.0908 e. The van der Waals surface area contributed by atoms with Gasteiger partial charge >= 0.3 is 0 Å². The first-order valence-electron chi connectivity index (χ1n) is 5.18. The Balaban J connectivity index is 2.03.